The van der Waals surface area contributed by atoms with Crippen molar-refractivity contribution >= 4 is 21.7 Å². The number of hydrogen-bond donors (Lipinski definition) is 2. The number of hydrogen-bond acceptors (Lipinski definition) is 6. The van der Waals surface area contributed by atoms with E-state index in [-0.39, 0.29) is 16.5 Å². The molecule has 2 heterocycles. The lowest BCUT2D eigenvalue weighted by Crippen LogP contribution is -2.28. The monoisotopic (exact) mass is 428 g/mol. The molecule has 9 heteroatoms. The highest BCUT2D eigenvalue weighted by Crippen LogP contribution is 2.21. The molecule has 156 valence electrons. The molecule has 2 N–H and O–H groups in total. The van der Waals surface area contributed by atoms with E-state index in [1.807, 2.05) is 36.4 Å². The highest BCUT2D eigenvalue weighted by atomic mass is 32.2. The van der Waals surface area contributed by atoms with Crippen molar-refractivity contribution in [3.63, 3.8) is 0 Å². The number of anilines is 1. The van der Waals surface area contributed by atoms with Crippen LogP contribution < -0.4 is 10.6 Å². The van der Waals surface area contributed by atoms with Crippen LogP contribution in [-0.4, -0.2) is 37.1 Å². The summed E-state index contributed by atoms with van der Waals surface area (Å²) in [7, 11) is -3.56. The molecule has 0 aliphatic carbocycles. The number of carbonyl (C=O) groups is 1. The zero-order valence-electron chi connectivity index (χ0n) is 16.3. The van der Waals surface area contributed by atoms with Crippen molar-refractivity contribution < 1.29 is 17.6 Å². The Morgan fingerprint density at radius 3 is 2.20 bits per heavy atom. The van der Waals surface area contributed by atoms with Gasteiger partial charge in [-0.3, -0.25) is 10.1 Å². The maximum Gasteiger partial charge on any atom is 0.258 e. The minimum Gasteiger partial charge on any atom is -0.312 e. The SMILES string of the molecule is CS(=O)(=O)c1nc(NC(=O)c2ccc(F)cc2)nc2c1CNCC2.c1ccccc1. The van der Waals surface area contributed by atoms with E-state index in [1.54, 1.807) is 0 Å². The summed E-state index contributed by atoms with van der Waals surface area (Å²) in [6, 6.07) is 17.0. The molecular weight excluding hydrogens is 407 g/mol. The van der Waals surface area contributed by atoms with Crippen LogP contribution in [0.15, 0.2) is 65.7 Å². The van der Waals surface area contributed by atoms with Crippen LogP contribution in [0.4, 0.5) is 10.3 Å². The summed E-state index contributed by atoms with van der Waals surface area (Å²) in [5, 5.41) is 5.46. The van der Waals surface area contributed by atoms with Gasteiger partial charge in [0.25, 0.3) is 5.91 Å². The van der Waals surface area contributed by atoms with Crippen LogP contribution in [0.2, 0.25) is 0 Å². The lowest BCUT2D eigenvalue weighted by Gasteiger charge is -2.19. The largest absolute Gasteiger partial charge is 0.312 e. The topological polar surface area (TPSA) is 101 Å². The summed E-state index contributed by atoms with van der Waals surface area (Å²) in [6.07, 6.45) is 1.61. The van der Waals surface area contributed by atoms with Gasteiger partial charge in [0.1, 0.15) is 5.82 Å². The Kier molecular flexibility index (Phi) is 6.86. The number of nitrogens with one attached hydrogen (secondary N) is 2. The van der Waals surface area contributed by atoms with Gasteiger partial charge in [-0.1, -0.05) is 36.4 Å². The highest BCUT2D eigenvalue weighted by molar-refractivity contribution is 7.90. The lowest BCUT2D eigenvalue weighted by molar-refractivity contribution is 0.102. The maximum atomic E-state index is 12.9. The summed E-state index contributed by atoms with van der Waals surface area (Å²) in [5.41, 5.74) is 1.35. The molecule has 1 amide bonds. The fourth-order valence-corrected chi connectivity index (χ4v) is 3.72. The van der Waals surface area contributed by atoms with Crippen LogP contribution in [0.5, 0.6) is 0 Å². The third kappa shape index (κ3) is 5.68. The van der Waals surface area contributed by atoms with E-state index < -0.39 is 21.6 Å². The minimum absolute atomic E-state index is 0.0783. The van der Waals surface area contributed by atoms with Crippen LogP contribution in [0, 0.1) is 5.82 Å². The molecule has 1 aromatic heterocycles. The van der Waals surface area contributed by atoms with E-state index in [0.29, 0.717) is 30.8 Å². The van der Waals surface area contributed by atoms with E-state index in [4.69, 9.17) is 0 Å². The summed E-state index contributed by atoms with van der Waals surface area (Å²) in [5.74, 6) is -1.07. The molecule has 1 aliphatic rings. The van der Waals surface area contributed by atoms with Crippen molar-refractivity contribution in [2.45, 2.75) is 18.0 Å². The zero-order chi connectivity index (χ0) is 21.6. The Morgan fingerprint density at radius 2 is 1.63 bits per heavy atom. The lowest BCUT2D eigenvalue weighted by atomic mass is 10.1. The molecule has 0 saturated heterocycles. The molecule has 0 bridgehead atoms. The average molecular weight is 428 g/mol. The van der Waals surface area contributed by atoms with Crippen molar-refractivity contribution in [1.29, 1.82) is 0 Å². The first-order chi connectivity index (χ1) is 14.3. The molecule has 1 aliphatic heterocycles. The average Bonchev–Trinajstić information content (AvgIpc) is 2.74. The van der Waals surface area contributed by atoms with E-state index in [1.165, 1.54) is 12.1 Å². The highest BCUT2D eigenvalue weighted by Gasteiger charge is 2.24. The molecule has 3 aromatic rings. The number of rotatable bonds is 3. The van der Waals surface area contributed by atoms with Gasteiger partial charge >= 0.3 is 0 Å². The van der Waals surface area contributed by atoms with Crippen LogP contribution in [0.1, 0.15) is 21.6 Å². The van der Waals surface area contributed by atoms with Gasteiger partial charge < -0.3 is 5.32 Å². The van der Waals surface area contributed by atoms with Crippen molar-refractivity contribution in [1.82, 2.24) is 15.3 Å². The molecule has 0 radical (unpaired) electrons. The smallest absolute Gasteiger partial charge is 0.258 e. The third-order valence-electron chi connectivity index (χ3n) is 4.24. The van der Waals surface area contributed by atoms with Gasteiger partial charge in [-0.05, 0) is 24.3 Å². The quantitative estimate of drug-likeness (QED) is 0.622. The van der Waals surface area contributed by atoms with Crippen LogP contribution in [0.3, 0.4) is 0 Å². The molecule has 0 spiro atoms. The van der Waals surface area contributed by atoms with Gasteiger partial charge in [0.2, 0.25) is 5.95 Å². The van der Waals surface area contributed by atoms with E-state index in [2.05, 4.69) is 20.6 Å². The second-order valence-electron chi connectivity index (χ2n) is 6.59. The van der Waals surface area contributed by atoms with Gasteiger partial charge in [0.05, 0.1) is 5.69 Å². The predicted molar refractivity (Wildman–Crippen MR) is 111 cm³/mol. The second kappa shape index (κ2) is 9.55. The van der Waals surface area contributed by atoms with Crippen LogP contribution in [0.25, 0.3) is 0 Å². The van der Waals surface area contributed by atoms with Crippen molar-refractivity contribution in [3.8, 4) is 0 Å². The van der Waals surface area contributed by atoms with E-state index >= 15 is 0 Å². The van der Waals surface area contributed by atoms with Gasteiger partial charge in [-0.2, -0.15) is 0 Å². The Labute approximate surface area is 174 Å². The number of benzene rings is 2. The molecule has 7 nitrogen and oxygen atoms in total. The number of sulfone groups is 1. The van der Waals surface area contributed by atoms with E-state index in [0.717, 1.165) is 18.4 Å². The minimum atomic E-state index is -3.56. The molecule has 0 unspecified atom stereocenters. The number of fused-ring (bicyclic) bond motifs is 1. The number of nitrogens with zero attached hydrogens (tertiary/aromatic N) is 2. The number of aromatic nitrogens is 2. The molecule has 0 fully saturated rings. The normalized spacial score (nSPS) is 12.9. The standard InChI is InChI=1S/C15H15FN4O3S.C6H6/c1-24(22,23)14-11-8-17-7-6-12(11)18-15(20-14)19-13(21)9-2-4-10(16)5-3-9;1-2-4-6-5-3-1/h2-5,17H,6-8H2,1H3,(H,18,19,20,21);1-6H. The molecule has 30 heavy (non-hydrogen) atoms. The Bertz CT molecular complexity index is 1090. The first kappa shape index (κ1) is 21.5. The Hall–Kier alpha value is -3.17. The van der Waals surface area contributed by atoms with Crippen molar-refractivity contribution in [2.24, 2.45) is 0 Å². The first-order valence-electron chi connectivity index (χ1n) is 9.22. The van der Waals surface area contributed by atoms with Gasteiger partial charge in [-0.15, -0.1) is 0 Å². The van der Waals surface area contributed by atoms with Crippen LogP contribution >= 0.6 is 0 Å². The van der Waals surface area contributed by atoms with Gasteiger partial charge in [-0.25, -0.2) is 22.8 Å². The molecule has 4 rings (SSSR count). The van der Waals surface area contributed by atoms with Crippen LogP contribution in [-0.2, 0) is 22.8 Å². The number of halogens is 1. The fourth-order valence-electron chi connectivity index (χ4n) is 2.83. The molecular formula is C21H21FN4O3S. The Morgan fingerprint density at radius 1 is 1.03 bits per heavy atom. The summed E-state index contributed by atoms with van der Waals surface area (Å²) in [4.78, 5) is 20.4. The third-order valence-corrected chi connectivity index (χ3v) is 5.28. The summed E-state index contributed by atoms with van der Waals surface area (Å²) in [6.45, 7) is 1.03. The van der Waals surface area contributed by atoms with E-state index in [9.17, 15) is 17.6 Å². The molecule has 2 aromatic carbocycles. The van der Waals surface area contributed by atoms with Gasteiger partial charge in [0, 0.05) is 36.9 Å². The zero-order valence-corrected chi connectivity index (χ0v) is 17.1. The first-order valence-corrected chi connectivity index (χ1v) is 11.1. The number of amides is 1. The second-order valence-corrected chi connectivity index (χ2v) is 8.52. The fraction of sp³-hybridized carbons (Fsp3) is 0.190. The van der Waals surface area contributed by atoms with Gasteiger partial charge in [0.15, 0.2) is 14.9 Å². The maximum absolute atomic E-state index is 12.9. The van der Waals surface area contributed by atoms with Crippen molar-refractivity contribution in [2.75, 3.05) is 18.1 Å². The Balaban J connectivity index is 0.000000367. The van der Waals surface area contributed by atoms with Crippen molar-refractivity contribution in [3.05, 3.63) is 83.3 Å². The summed E-state index contributed by atoms with van der Waals surface area (Å²) < 4.78 is 36.9. The summed E-state index contributed by atoms with van der Waals surface area (Å²) >= 11 is 0. The predicted octanol–water partition coefficient (Wildman–Crippen LogP) is 2.60. The molecule has 0 atom stereocenters. The number of carbonyl (C=O) groups excluding carboxylic acids is 1. The molecule has 0 saturated carbocycles.